The lowest BCUT2D eigenvalue weighted by Gasteiger charge is -2.23. The second-order valence-electron chi connectivity index (χ2n) is 6.54. The Hall–Kier alpha value is -2.82. The van der Waals surface area contributed by atoms with Crippen LogP contribution in [0.1, 0.15) is 31.4 Å². The minimum Gasteiger partial charge on any atom is -0.463 e. The molecule has 5 nitrogen and oxygen atoms in total. The Kier molecular flexibility index (Phi) is 8.36. The third-order valence-corrected chi connectivity index (χ3v) is 4.46. The summed E-state index contributed by atoms with van der Waals surface area (Å²) in [5.74, 6) is -0.159. The van der Waals surface area contributed by atoms with Crippen molar-refractivity contribution in [2.45, 2.75) is 39.3 Å². The molecule has 0 aliphatic rings. The Morgan fingerprint density at radius 3 is 2.11 bits per heavy atom. The summed E-state index contributed by atoms with van der Waals surface area (Å²) in [5, 5.41) is 2.82. The highest BCUT2D eigenvalue weighted by molar-refractivity contribution is 5.72. The van der Waals surface area contributed by atoms with Crippen molar-refractivity contribution in [2.75, 3.05) is 6.61 Å². The van der Waals surface area contributed by atoms with E-state index in [1.54, 1.807) is 0 Å². The first-order valence-corrected chi connectivity index (χ1v) is 9.25. The molecular formula is C22H27NO4. The van der Waals surface area contributed by atoms with Crippen LogP contribution in [0.4, 0.5) is 4.79 Å². The van der Waals surface area contributed by atoms with Crippen molar-refractivity contribution >= 4 is 12.1 Å². The largest absolute Gasteiger partial charge is 0.463 e. The molecular weight excluding hydrogens is 342 g/mol. The van der Waals surface area contributed by atoms with Crippen molar-refractivity contribution in [3.63, 3.8) is 0 Å². The molecule has 0 saturated carbocycles. The third-order valence-electron chi connectivity index (χ3n) is 4.46. The Morgan fingerprint density at radius 2 is 1.52 bits per heavy atom. The molecule has 0 fully saturated rings. The fourth-order valence-corrected chi connectivity index (χ4v) is 2.55. The summed E-state index contributed by atoms with van der Waals surface area (Å²) in [5.41, 5.74) is 1.82. The summed E-state index contributed by atoms with van der Waals surface area (Å²) in [6.07, 6.45) is 0.551. The van der Waals surface area contributed by atoms with Gasteiger partial charge in [-0.2, -0.15) is 0 Å². The fourth-order valence-electron chi connectivity index (χ4n) is 2.55. The number of alkyl carbamates (subject to hydrolysis) is 1. The topological polar surface area (TPSA) is 64.6 Å². The smallest absolute Gasteiger partial charge is 0.407 e. The van der Waals surface area contributed by atoms with Gasteiger partial charge in [-0.15, -0.1) is 0 Å². The molecule has 0 spiro atoms. The van der Waals surface area contributed by atoms with Crippen molar-refractivity contribution in [2.24, 2.45) is 5.92 Å². The number of hydrogen-bond donors (Lipinski definition) is 1. The Balaban J connectivity index is 1.81. The van der Waals surface area contributed by atoms with Gasteiger partial charge in [0.15, 0.2) is 0 Å². The lowest BCUT2D eigenvalue weighted by atomic mass is 10.00. The molecule has 0 radical (unpaired) electrons. The van der Waals surface area contributed by atoms with Crippen LogP contribution in [0, 0.1) is 5.92 Å². The minimum absolute atomic E-state index is 0.126. The van der Waals surface area contributed by atoms with Gasteiger partial charge in [-0.25, -0.2) is 4.79 Å². The van der Waals surface area contributed by atoms with Crippen LogP contribution < -0.4 is 5.32 Å². The van der Waals surface area contributed by atoms with Crippen molar-refractivity contribution < 1.29 is 19.1 Å². The molecule has 0 aliphatic carbocycles. The van der Waals surface area contributed by atoms with Crippen LogP contribution in [-0.2, 0) is 27.3 Å². The van der Waals surface area contributed by atoms with Gasteiger partial charge >= 0.3 is 12.1 Å². The highest BCUT2D eigenvalue weighted by Crippen LogP contribution is 2.10. The predicted molar refractivity (Wildman–Crippen MR) is 104 cm³/mol. The van der Waals surface area contributed by atoms with E-state index < -0.39 is 6.09 Å². The molecule has 0 bridgehead atoms. The van der Waals surface area contributed by atoms with E-state index in [9.17, 15) is 9.59 Å². The van der Waals surface area contributed by atoms with Crippen LogP contribution in [0.5, 0.6) is 0 Å². The molecule has 27 heavy (non-hydrogen) atoms. The number of carbonyl (C=O) groups excluding carboxylic acids is 2. The van der Waals surface area contributed by atoms with Crippen LogP contribution in [0.2, 0.25) is 0 Å². The van der Waals surface area contributed by atoms with Gasteiger partial charge in [-0.05, 0) is 17.0 Å². The molecule has 2 aromatic rings. The first kappa shape index (κ1) is 20.5. The fraction of sp³-hybridized carbons (Fsp3) is 0.364. The van der Waals surface area contributed by atoms with Gasteiger partial charge < -0.3 is 14.8 Å². The first-order chi connectivity index (χ1) is 13.1. The van der Waals surface area contributed by atoms with Gasteiger partial charge in [0.05, 0.1) is 12.5 Å². The highest BCUT2D eigenvalue weighted by atomic mass is 16.6. The van der Waals surface area contributed by atoms with E-state index in [4.69, 9.17) is 9.47 Å². The molecule has 2 atom stereocenters. The summed E-state index contributed by atoms with van der Waals surface area (Å²) < 4.78 is 10.7. The molecule has 1 amide bonds. The number of esters is 1. The van der Waals surface area contributed by atoms with E-state index in [1.807, 2.05) is 74.5 Å². The molecule has 0 saturated heterocycles. The van der Waals surface area contributed by atoms with Gasteiger partial charge in [-0.3, -0.25) is 4.79 Å². The van der Waals surface area contributed by atoms with Crippen LogP contribution in [-0.4, -0.2) is 24.7 Å². The third kappa shape index (κ3) is 7.52. The number of carbonyl (C=O) groups is 2. The Bertz CT molecular complexity index is 703. The monoisotopic (exact) mass is 369 g/mol. The van der Waals surface area contributed by atoms with E-state index in [1.165, 1.54) is 0 Å². The standard InChI is InChI=1S/C22H27NO4/c1-3-17(2)20(16-26-21(24)14-18-10-6-4-7-11-18)23-22(25)27-15-19-12-8-5-9-13-19/h4-13,17,20H,3,14-16H2,1-2H3,(H,23,25). The minimum atomic E-state index is -0.511. The van der Waals surface area contributed by atoms with Gasteiger partial charge in [0.2, 0.25) is 0 Å². The molecule has 5 heteroatoms. The zero-order valence-electron chi connectivity index (χ0n) is 15.9. The Labute approximate surface area is 160 Å². The lowest BCUT2D eigenvalue weighted by molar-refractivity contribution is -0.143. The van der Waals surface area contributed by atoms with Gasteiger partial charge in [0.25, 0.3) is 0 Å². The number of ether oxygens (including phenoxy) is 2. The number of amides is 1. The number of benzene rings is 2. The summed E-state index contributed by atoms with van der Waals surface area (Å²) in [6, 6.07) is 18.6. The lowest BCUT2D eigenvalue weighted by Crippen LogP contribution is -2.43. The maximum absolute atomic E-state index is 12.1. The van der Waals surface area contributed by atoms with Crippen LogP contribution >= 0.6 is 0 Å². The first-order valence-electron chi connectivity index (χ1n) is 9.25. The normalized spacial score (nSPS) is 12.7. The molecule has 2 unspecified atom stereocenters. The van der Waals surface area contributed by atoms with Crippen molar-refractivity contribution in [3.05, 3.63) is 71.8 Å². The molecule has 144 valence electrons. The molecule has 0 aliphatic heterocycles. The van der Waals surface area contributed by atoms with Crippen molar-refractivity contribution in [3.8, 4) is 0 Å². The molecule has 0 aromatic heterocycles. The van der Waals surface area contributed by atoms with Crippen LogP contribution in [0.3, 0.4) is 0 Å². The molecule has 2 rings (SSSR count). The van der Waals surface area contributed by atoms with Crippen LogP contribution in [0.25, 0.3) is 0 Å². The molecule has 0 heterocycles. The SMILES string of the molecule is CCC(C)C(COC(=O)Cc1ccccc1)NC(=O)OCc1ccccc1. The second-order valence-corrected chi connectivity index (χ2v) is 6.54. The second kappa shape index (κ2) is 11.0. The van der Waals surface area contributed by atoms with Crippen molar-refractivity contribution in [1.29, 1.82) is 0 Å². The average Bonchev–Trinajstić information content (AvgIpc) is 2.70. The van der Waals surface area contributed by atoms with Gasteiger partial charge in [0, 0.05) is 0 Å². The van der Waals surface area contributed by atoms with E-state index >= 15 is 0 Å². The predicted octanol–water partition coefficient (Wildman–Crippen LogP) is 4.11. The number of rotatable bonds is 9. The maximum atomic E-state index is 12.1. The van der Waals surface area contributed by atoms with Gasteiger partial charge in [0.1, 0.15) is 13.2 Å². The Morgan fingerprint density at radius 1 is 0.926 bits per heavy atom. The van der Waals surface area contributed by atoms with E-state index in [0.717, 1.165) is 17.5 Å². The van der Waals surface area contributed by atoms with Crippen molar-refractivity contribution in [1.82, 2.24) is 5.32 Å². The number of hydrogen-bond acceptors (Lipinski definition) is 4. The van der Waals surface area contributed by atoms with E-state index in [0.29, 0.717) is 0 Å². The van der Waals surface area contributed by atoms with E-state index in [-0.39, 0.29) is 37.6 Å². The maximum Gasteiger partial charge on any atom is 0.407 e. The highest BCUT2D eigenvalue weighted by Gasteiger charge is 2.21. The summed E-state index contributed by atoms with van der Waals surface area (Å²) in [7, 11) is 0. The molecule has 2 aromatic carbocycles. The number of nitrogens with one attached hydrogen (secondary N) is 1. The summed E-state index contributed by atoms with van der Waals surface area (Å²) in [4.78, 5) is 24.2. The quantitative estimate of drug-likeness (QED) is 0.676. The van der Waals surface area contributed by atoms with Gasteiger partial charge in [-0.1, -0.05) is 80.9 Å². The van der Waals surface area contributed by atoms with Crippen LogP contribution in [0.15, 0.2) is 60.7 Å². The molecule has 1 N–H and O–H groups in total. The summed E-state index contributed by atoms with van der Waals surface area (Å²) >= 11 is 0. The zero-order chi connectivity index (χ0) is 19.5. The zero-order valence-corrected chi connectivity index (χ0v) is 15.9. The average molecular weight is 369 g/mol. The summed E-state index contributed by atoms with van der Waals surface area (Å²) in [6.45, 7) is 4.36. The van der Waals surface area contributed by atoms with E-state index in [2.05, 4.69) is 5.32 Å².